The Labute approximate surface area is 126 Å². The number of H-pyrrole nitrogens is 1. The molecule has 5 heteroatoms. The molecule has 0 saturated carbocycles. The topological polar surface area (TPSA) is 52.2 Å². The summed E-state index contributed by atoms with van der Waals surface area (Å²) in [4.78, 5) is 24.9. The van der Waals surface area contributed by atoms with Crippen LogP contribution in [0.15, 0.2) is 4.79 Å². The number of aromatic nitrogens is 2. The first kappa shape index (κ1) is 14.7. The van der Waals surface area contributed by atoms with Crippen molar-refractivity contribution >= 4 is 0 Å². The zero-order chi connectivity index (χ0) is 14.8. The molecule has 2 heterocycles. The van der Waals surface area contributed by atoms with E-state index < -0.39 is 0 Å². The van der Waals surface area contributed by atoms with Crippen LogP contribution in [0.4, 0.5) is 0 Å². The van der Waals surface area contributed by atoms with Gasteiger partial charge in [-0.2, -0.15) is 0 Å². The van der Waals surface area contributed by atoms with E-state index in [4.69, 9.17) is 4.98 Å². The third-order valence-electron chi connectivity index (χ3n) is 4.90. The highest BCUT2D eigenvalue weighted by atomic mass is 16.1. The molecular formula is C16H26N4O. The molecule has 0 spiro atoms. The van der Waals surface area contributed by atoms with Gasteiger partial charge < -0.3 is 14.8 Å². The van der Waals surface area contributed by atoms with Crippen molar-refractivity contribution in [1.29, 1.82) is 0 Å². The highest BCUT2D eigenvalue weighted by Gasteiger charge is 2.24. The van der Waals surface area contributed by atoms with Gasteiger partial charge in [0.1, 0.15) is 5.82 Å². The maximum absolute atomic E-state index is 12.3. The Morgan fingerprint density at radius 2 is 2.00 bits per heavy atom. The van der Waals surface area contributed by atoms with E-state index in [1.54, 1.807) is 0 Å². The number of likely N-dealkylation sites (N-methyl/N-ethyl adjacent to an activating group) is 2. The lowest BCUT2D eigenvalue weighted by atomic mass is 10.1. The van der Waals surface area contributed by atoms with Crippen LogP contribution in [0.5, 0.6) is 0 Å². The molecule has 1 atom stereocenters. The Bertz CT molecular complexity index is 554. The van der Waals surface area contributed by atoms with E-state index in [-0.39, 0.29) is 5.56 Å². The first-order valence-corrected chi connectivity index (χ1v) is 8.13. The van der Waals surface area contributed by atoms with Crippen molar-refractivity contribution in [2.75, 3.05) is 33.7 Å². The molecule has 0 bridgehead atoms. The van der Waals surface area contributed by atoms with Crippen molar-refractivity contribution < 1.29 is 0 Å². The lowest BCUT2D eigenvalue weighted by Gasteiger charge is -2.37. The fraction of sp³-hybridized carbons (Fsp3) is 0.750. The summed E-state index contributed by atoms with van der Waals surface area (Å²) in [5.41, 5.74) is 2.09. The number of nitrogens with zero attached hydrogens (tertiary/aromatic N) is 3. The lowest BCUT2D eigenvalue weighted by Crippen LogP contribution is -2.51. The van der Waals surface area contributed by atoms with Gasteiger partial charge in [0.2, 0.25) is 0 Å². The molecule has 116 valence electrons. The van der Waals surface area contributed by atoms with Gasteiger partial charge in [0, 0.05) is 37.7 Å². The number of rotatable bonds is 2. The summed E-state index contributed by atoms with van der Waals surface area (Å²) >= 11 is 0. The van der Waals surface area contributed by atoms with Crippen LogP contribution in [0.2, 0.25) is 0 Å². The minimum Gasteiger partial charge on any atom is -0.310 e. The Balaban J connectivity index is 1.81. The quantitative estimate of drug-likeness (QED) is 0.820. The van der Waals surface area contributed by atoms with Crippen LogP contribution in [0, 0.1) is 0 Å². The van der Waals surface area contributed by atoms with Gasteiger partial charge >= 0.3 is 0 Å². The molecule has 1 aliphatic heterocycles. The molecule has 3 rings (SSSR count). The molecule has 1 N–H and O–H groups in total. The van der Waals surface area contributed by atoms with Crippen LogP contribution in [0.1, 0.15) is 36.3 Å². The summed E-state index contributed by atoms with van der Waals surface area (Å²) in [5.74, 6) is 0.868. The van der Waals surface area contributed by atoms with Crippen LogP contribution >= 0.6 is 0 Å². The maximum atomic E-state index is 12.3. The van der Waals surface area contributed by atoms with Crippen LogP contribution in [0.3, 0.4) is 0 Å². The minimum atomic E-state index is 0.101. The third kappa shape index (κ3) is 3.35. The van der Waals surface area contributed by atoms with Gasteiger partial charge in [0.15, 0.2) is 0 Å². The standard InChI is InChI=1S/C16H26N4O/c1-19-8-9-20(2)12(11-19)10-15-17-14-7-5-3-4-6-13(14)16(21)18-15/h12H,3-11H2,1-2H3,(H,17,18,21). The summed E-state index contributed by atoms with van der Waals surface area (Å²) in [6.45, 7) is 3.23. The second kappa shape index (κ2) is 6.28. The third-order valence-corrected chi connectivity index (χ3v) is 4.90. The molecule has 1 fully saturated rings. The fourth-order valence-corrected chi connectivity index (χ4v) is 3.47. The largest absolute Gasteiger partial charge is 0.310 e. The van der Waals surface area contributed by atoms with Crippen molar-refractivity contribution in [3.63, 3.8) is 0 Å². The Hall–Kier alpha value is -1.20. The highest BCUT2D eigenvalue weighted by molar-refractivity contribution is 5.20. The number of aryl methyl sites for hydroxylation is 1. The van der Waals surface area contributed by atoms with E-state index in [0.717, 1.165) is 68.8 Å². The van der Waals surface area contributed by atoms with Crippen molar-refractivity contribution in [1.82, 2.24) is 19.8 Å². The monoisotopic (exact) mass is 290 g/mol. The summed E-state index contributed by atoms with van der Waals surface area (Å²) < 4.78 is 0. The zero-order valence-electron chi connectivity index (χ0n) is 13.2. The number of nitrogens with one attached hydrogen (secondary N) is 1. The fourth-order valence-electron chi connectivity index (χ4n) is 3.47. The molecule has 5 nitrogen and oxygen atoms in total. The van der Waals surface area contributed by atoms with Crippen LogP contribution < -0.4 is 5.56 Å². The van der Waals surface area contributed by atoms with E-state index in [0.29, 0.717) is 6.04 Å². The zero-order valence-corrected chi connectivity index (χ0v) is 13.2. The number of hydrogen-bond donors (Lipinski definition) is 1. The smallest absolute Gasteiger partial charge is 0.254 e. The van der Waals surface area contributed by atoms with Crippen molar-refractivity contribution in [3.8, 4) is 0 Å². The van der Waals surface area contributed by atoms with Crippen molar-refractivity contribution in [3.05, 3.63) is 27.4 Å². The van der Waals surface area contributed by atoms with Crippen LogP contribution in [-0.4, -0.2) is 59.5 Å². The number of fused-ring (bicyclic) bond motifs is 1. The molecule has 1 saturated heterocycles. The van der Waals surface area contributed by atoms with Gasteiger partial charge in [-0.1, -0.05) is 6.42 Å². The van der Waals surface area contributed by atoms with E-state index in [1.165, 1.54) is 6.42 Å². The van der Waals surface area contributed by atoms with Gasteiger partial charge in [-0.15, -0.1) is 0 Å². The minimum absolute atomic E-state index is 0.101. The molecule has 0 radical (unpaired) electrons. The predicted molar refractivity (Wildman–Crippen MR) is 83.7 cm³/mol. The van der Waals surface area contributed by atoms with Gasteiger partial charge in [-0.25, -0.2) is 4.98 Å². The lowest BCUT2D eigenvalue weighted by molar-refractivity contribution is 0.113. The normalized spacial score (nSPS) is 24.6. The van der Waals surface area contributed by atoms with Crippen molar-refractivity contribution in [2.45, 2.75) is 44.6 Å². The van der Waals surface area contributed by atoms with Gasteiger partial charge in [-0.3, -0.25) is 4.79 Å². The molecule has 1 unspecified atom stereocenters. The summed E-state index contributed by atoms with van der Waals surface area (Å²) in [6, 6.07) is 0.440. The van der Waals surface area contributed by atoms with E-state index in [1.807, 2.05) is 0 Å². The van der Waals surface area contributed by atoms with E-state index in [2.05, 4.69) is 28.9 Å². The number of aromatic amines is 1. The van der Waals surface area contributed by atoms with E-state index >= 15 is 0 Å². The molecule has 1 aromatic heterocycles. The molecule has 1 aromatic rings. The second-order valence-corrected chi connectivity index (χ2v) is 6.60. The van der Waals surface area contributed by atoms with Gasteiger partial charge in [-0.05, 0) is 39.8 Å². The second-order valence-electron chi connectivity index (χ2n) is 6.60. The predicted octanol–water partition coefficient (Wildman–Crippen LogP) is 0.827. The first-order chi connectivity index (χ1) is 10.1. The van der Waals surface area contributed by atoms with Gasteiger partial charge in [0.05, 0.1) is 5.69 Å². The summed E-state index contributed by atoms with van der Waals surface area (Å²) in [6.07, 6.45) is 6.18. The van der Waals surface area contributed by atoms with Gasteiger partial charge in [0.25, 0.3) is 5.56 Å². The Kier molecular flexibility index (Phi) is 4.40. The van der Waals surface area contributed by atoms with Crippen molar-refractivity contribution in [2.24, 2.45) is 0 Å². The molecule has 0 aromatic carbocycles. The molecule has 21 heavy (non-hydrogen) atoms. The van der Waals surface area contributed by atoms with Crippen LogP contribution in [0.25, 0.3) is 0 Å². The molecule has 2 aliphatic rings. The molecular weight excluding hydrogens is 264 g/mol. The number of piperazine rings is 1. The van der Waals surface area contributed by atoms with Crippen LogP contribution in [-0.2, 0) is 19.3 Å². The SMILES string of the molecule is CN1CCN(C)C(Cc2nc3c(c(=O)[nH]2)CCCCC3)C1. The molecule has 1 aliphatic carbocycles. The van der Waals surface area contributed by atoms with E-state index in [9.17, 15) is 4.79 Å². The highest BCUT2D eigenvalue weighted by Crippen LogP contribution is 2.17. The first-order valence-electron chi connectivity index (χ1n) is 8.13. The number of hydrogen-bond acceptors (Lipinski definition) is 4. The average molecular weight is 290 g/mol. The average Bonchev–Trinajstić information content (AvgIpc) is 2.68. The Morgan fingerprint density at radius 1 is 1.19 bits per heavy atom. The summed E-state index contributed by atoms with van der Waals surface area (Å²) in [5, 5.41) is 0. The molecule has 0 amide bonds. The summed E-state index contributed by atoms with van der Waals surface area (Å²) in [7, 11) is 4.33. The maximum Gasteiger partial charge on any atom is 0.254 e. The Morgan fingerprint density at radius 3 is 2.86 bits per heavy atom.